The van der Waals surface area contributed by atoms with Crippen LogP contribution in [-0.4, -0.2) is 49.4 Å². The molecule has 114 valence electrons. The Bertz CT molecular complexity index is 611. The minimum atomic E-state index is -0.925. The van der Waals surface area contributed by atoms with Gasteiger partial charge >= 0.3 is 11.8 Å². The first-order chi connectivity index (χ1) is 9.73. The molecule has 0 saturated carbocycles. The number of hydrogen-bond acceptors (Lipinski definition) is 5. The zero-order valence-corrected chi connectivity index (χ0v) is 11.8. The summed E-state index contributed by atoms with van der Waals surface area (Å²) in [6, 6.07) is 0. The van der Waals surface area contributed by atoms with Gasteiger partial charge < -0.3 is 20.1 Å². The van der Waals surface area contributed by atoms with Crippen LogP contribution in [0, 0.1) is 22.5 Å². The van der Waals surface area contributed by atoms with Crippen molar-refractivity contribution in [3.8, 4) is 0 Å². The van der Waals surface area contributed by atoms with Crippen molar-refractivity contribution in [2.45, 2.75) is 26.8 Å². The first-order valence-electron chi connectivity index (χ1n) is 6.42. The summed E-state index contributed by atoms with van der Waals surface area (Å²) in [5.41, 5.74) is -0.925. The molecule has 9 heteroatoms. The van der Waals surface area contributed by atoms with Crippen molar-refractivity contribution >= 4 is 17.7 Å². The monoisotopic (exact) mass is 296 g/mol. The Balaban J connectivity index is 2.06. The van der Waals surface area contributed by atoms with Crippen LogP contribution in [0.3, 0.4) is 0 Å². The Kier molecular flexibility index (Phi) is 3.67. The zero-order chi connectivity index (χ0) is 15.8. The van der Waals surface area contributed by atoms with E-state index in [2.05, 4.69) is 4.98 Å². The topological polar surface area (TPSA) is 119 Å². The lowest BCUT2D eigenvalue weighted by Crippen LogP contribution is -2.36. The van der Waals surface area contributed by atoms with Crippen molar-refractivity contribution in [1.29, 1.82) is 0 Å². The van der Waals surface area contributed by atoms with E-state index in [1.165, 1.54) is 15.7 Å². The molecular weight excluding hydrogens is 280 g/mol. The molecule has 1 aliphatic heterocycles. The van der Waals surface area contributed by atoms with Crippen molar-refractivity contribution in [1.82, 2.24) is 14.5 Å². The molecule has 0 aromatic carbocycles. The number of amides is 1. The molecular formula is C12H16N4O5. The molecule has 2 heterocycles. The number of nitro groups is 1. The molecule has 2 rings (SSSR count). The van der Waals surface area contributed by atoms with Crippen LogP contribution < -0.4 is 0 Å². The van der Waals surface area contributed by atoms with Gasteiger partial charge in [0.05, 0.1) is 5.41 Å². The van der Waals surface area contributed by atoms with Gasteiger partial charge in [0.15, 0.2) is 0 Å². The molecule has 0 aliphatic carbocycles. The molecule has 9 nitrogen and oxygen atoms in total. The Morgan fingerprint density at radius 2 is 2.24 bits per heavy atom. The van der Waals surface area contributed by atoms with Crippen molar-refractivity contribution in [2.75, 3.05) is 13.1 Å². The van der Waals surface area contributed by atoms with E-state index >= 15 is 0 Å². The van der Waals surface area contributed by atoms with Gasteiger partial charge in [-0.2, -0.15) is 0 Å². The molecule has 1 saturated heterocycles. The standard InChI is InChI=1S/C12H16N4O5/c1-8-13-9(16(20)21)5-15(8)6-10(17)14-4-3-12(2,7-14)11(18)19/h5H,3-4,6-7H2,1-2H3,(H,18,19). The molecule has 1 atom stereocenters. The van der Waals surface area contributed by atoms with E-state index in [1.807, 2.05) is 0 Å². The summed E-state index contributed by atoms with van der Waals surface area (Å²) in [5, 5.41) is 19.8. The zero-order valence-electron chi connectivity index (χ0n) is 11.8. The van der Waals surface area contributed by atoms with E-state index in [-0.39, 0.29) is 24.8 Å². The maximum Gasteiger partial charge on any atom is 0.381 e. The number of hydrogen-bond donors (Lipinski definition) is 1. The minimum absolute atomic E-state index is 0.0810. The third-order valence-corrected chi connectivity index (χ3v) is 3.80. The van der Waals surface area contributed by atoms with Gasteiger partial charge in [-0.25, -0.2) is 0 Å². The number of aromatic nitrogens is 2. The fourth-order valence-electron chi connectivity index (χ4n) is 2.33. The van der Waals surface area contributed by atoms with Gasteiger partial charge in [0, 0.05) is 20.0 Å². The SMILES string of the molecule is Cc1nc([N+](=O)[O-])cn1CC(=O)N1CCC(C)(C(=O)O)C1. The molecule has 1 unspecified atom stereocenters. The maximum atomic E-state index is 12.2. The van der Waals surface area contributed by atoms with Crippen LogP contribution in [-0.2, 0) is 16.1 Å². The second kappa shape index (κ2) is 5.15. The van der Waals surface area contributed by atoms with Crippen molar-refractivity contribution in [3.05, 3.63) is 22.1 Å². The second-order valence-corrected chi connectivity index (χ2v) is 5.46. The van der Waals surface area contributed by atoms with E-state index in [9.17, 15) is 19.7 Å². The minimum Gasteiger partial charge on any atom is -0.481 e. The van der Waals surface area contributed by atoms with Crippen LogP contribution in [0.1, 0.15) is 19.2 Å². The van der Waals surface area contributed by atoms with E-state index in [4.69, 9.17) is 5.11 Å². The molecule has 1 fully saturated rings. The molecule has 0 spiro atoms. The van der Waals surface area contributed by atoms with Crippen LogP contribution in [0.4, 0.5) is 5.82 Å². The molecule has 21 heavy (non-hydrogen) atoms. The number of nitrogens with zero attached hydrogens (tertiary/aromatic N) is 4. The van der Waals surface area contributed by atoms with E-state index in [0.29, 0.717) is 18.8 Å². The van der Waals surface area contributed by atoms with Gasteiger partial charge in [-0.05, 0) is 23.3 Å². The molecule has 0 radical (unpaired) electrons. The third kappa shape index (κ3) is 2.86. The van der Waals surface area contributed by atoms with Crippen LogP contribution >= 0.6 is 0 Å². The Hall–Kier alpha value is -2.45. The van der Waals surface area contributed by atoms with Crippen LogP contribution in [0.15, 0.2) is 6.20 Å². The number of rotatable bonds is 4. The van der Waals surface area contributed by atoms with Crippen molar-refractivity contribution < 1.29 is 19.6 Å². The number of carbonyl (C=O) groups is 2. The first kappa shape index (κ1) is 14.9. The van der Waals surface area contributed by atoms with Gasteiger partial charge in [0.25, 0.3) is 0 Å². The number of aliphatic carboxylic acids is 1. The second-order valence-electron chi connectivity index (χ2n) is 5.46. The number of aryl methyl sites for hydroxylation is 1. The highest BCUT2D eigenvalue weighted by Gasteiger charge is 2.42. The first-order valence-corrected chi connectivity index (χ1v) is 6.42. The lowest BCUT2D eigenvalue weighted by Gasteiger charge is -2.20. The number of carboxylic acid groups (broad SMARTS) is 1. The molecule has 1 aromatic heterocycles. The van der Waals surface area contributed by atoms with E-state index in [1.54, 1.807) is 13.8 Å². The quantitative estimate of drug-likeness (QED) is 0.635. The lowest BCUT2D eigenvalue weighted by atomic mass is 9.90. The normalized spacial score (nSPS) is 21.5. The smallest absolute Gasteiger partial charge is 0.381 e. The van der Waals surface area contributed by atoms with Crippen molar-refractivity contribution in [2.24, 2.45) is 5.41 Å². The average molecular weight is 296 g/mol. The third-order valence-electron chi connectivity index (χ3n) is 3.80. The largest absolute Gasteiger partial charge is 0.481 e. The average Bonchev–Trinajstić information content (AvgIpc) is 2.95. The predicted molar refractivity (Wildman–Crippen MR) is 70.6 cm³/mol. The number of imidazole rings is 1. The summed E-state index contributed by atoms with van der Waals surface area (Å²) < 4.78 is 1.40. The lowest BCUT2D eigenvalue weighted by molar-refractivity contribution is -0.389. The van der Waals surface area contributed by atoms with Crippen molar-refractivity contribution in [3.63, 3.8) is 0 Å². The predicted octanol–water partition coefficient (Wildman–Crippen LogP) is 0.423. The number of likely N-dealkylation sites (tertiary alicyclic amines) is 1. The summed E-state index contributed by atoms with van der Waals surface area (Å²) in [4.78, 5) is 38.6. The van der Waals surface area contributed by atoms with Gasteiger partial charge in [0.2, 0.25) is 11.7 Å². The summed E-state index contributed by atoms with van der Waals surface area (Å²) in [6.45, 7) is 3.62. The highest BCUT2D eigenvalue weighted by atomic mass is 16.6. The molecule has 1 aromatic rings. The molecule has 1 amide bonds. The molecule has 1 aliphatic rings. The number of carbonyl (C=O) groups excluding carboxylic acids is 1. The number of carboxylic acids is 1. The Morgan fingerprint density at radius 1 is 1.57 bits per heavy atom. The highest BCUT2D eigenvalue weighted by Crippen LogP contribution is 2.30. The van der Waals surface area contributed by atoms with Crippen LogP contribution in [0.5, 0.6) is 0 Å². The summed E-state index contributed by atoms with van der Waals surface area (Å²) in [7, 11) is 0. The molecule has 1 N–H and O–H groups in total. The van der Waals surface area contributed by atoms with Gasteiger partial charge in [0.1, 0.15) is 12.7 Å². The van der Waals surface area contributed by atoms with E-state index < -0.39 is 16.3 Å². The fraction of sp³-hybridized carbons (Fsp3) is 0.583. The van der Waals surface area contributed by atoms with Gasteiger partial charge in [-0.3, -0.25) is 14.2 Å². The summed E-state index contributed by atoms with van der Waals surface area (Å²) in [5.74, 6) is -1.13. The molecule has 0 bridgehead atoms. The Morgan fingerprint density at radius 3 is 2.71 bits per heavy atom. The van der Waals surface area contributed by atoms with Crippen LogP contribution in [0.2, 0.25) is 0 Å². The van der Waals surface area contributed by atoms with Gasteiger partial charge in [-0.15, -0.1) is 0 Å². The van der Waals surface area contributed by atoms with E-state index in [0.717, 1.165) is 0 Å². The fourth-order valence-corrected chi connectivity index (χ4v) is 2.33. The Labute approximate surface area is 120 Å². The summed E-state index contributed by atoms with van der Waals surface area (Å²) in [6.07, 6.45) is 1.61. The summed E-state index contributed by atoms with van der Waals surface area (Å²) >= 11 is 0. The van der Waals surface area contributed by atoms with Gasteiger partial charge in [-0.1, -0.05) is 0 Å². The highest BCUT2D eigenvalue weighted by molar-refractivity contribution is 5.80. The maximum absolute atomic E-state index is 12.2. The van der Waals surface area contributed by atoms with Crippen LogP contribution in [0.25, 0.3) is 0 Å².